The molecule has 2 heterocycles. The van der Waals surface area contributed by atoms with Gasteiger partial charge in [-0.3, -0.25) is 14.6 Å². The van der Waals surface area contributed by atoms with Gasteiger partial charge in [0.25, 0.3) is 5.56 Å². The topological polar surface area (TPSA) is 87.3 Å². The largest absolute Gasteiger partial charge is 0.378 e. The summed E-state index contributed by atoms with van der Waals surface area (Å²) in [6.45, 7) is 4.48. The van der Waals surface area contributed by atoms with E-state index in [0.717, 1.165) is 10.6 Å². The van der Waals surface area contributed by atoms with Gasteiger partial charge in [-0.15, -0.1) is 11.8 Å². The van der Waals surface area contributed by atoms with Gasteiger partial charge in [0, 0.05) is 41.4 Å². The number of benzene rings is 1. The first-order chi connectivity index (χ1) is 13.1. The van der Waals surface area contributed by atoms with Gasteiger partial charge in [-0.05, 0) is 43.9 Å². The molecular formula is C19H24N4O3S. The van der Waals surface area contributed by atoms with Crippen molar-refractivity contribution in [1.29, 1.82) is 0 Å². The molecule has 1 aromatic carbocycles. The van der Waals surface area contributed by atoms with Gasteiger partial charge in [0.05, 0.1) is 13.2 Å². The van der Waals surface area contributed by atoms with Crippen molar-refractivity contribution in [3.63, 3.8) is 0 Å². The first-order valence-corrected chi connectivity index (χ1v) is 10.2. The zero-order valence-corrected chi connectivity index (χ0v) is 16.4. The fourth-order valence-corrected chi connectivity index (χ4v) is 3.36. The number of ether oxygens (including phenoxy) is 1. The first kappa shape index (κ1) is 19.4. The van der Waals surface area contributed by atoms with Crippen LogP contribution in [-0.4, -0.2) is 48.4 Å². The molecule has 0 spiro atoms. The van der Waals surface area contributed by atoms with Crippen molar-refractivity contribution in [2.24, 2.45) is 0 Å². The van der Waals surface area contributed by atoms with Crippen molar-refractivity contribution in [3.8, 4) is 0 Å². The normalized spacial score (nSPS) is 14.2. The van der Waals surface area contributed by atoms with E-state index in [0.29, 0.717) is 49.9 Å². The standard InChI is InChI=1S/C19H24N4O3S/c1-13-16(18(25)22-19(20-13)23-9-11-26-12-10-23)7-8-17(24)21-14-3-5-15(27-2)6-4-14/h3-6H,7-12H2,1-2H3,(H,21,24)(H,20,22,25). The molecule has 1 aliphatic heterocycles. The van der Waals surface area contributed by atoms with E-state index < -0.39 is 0 Å². The molecule has 0 aliphatic carbocycles. The van der Waals surface area contributed by atoms with Gasteiger partial charge in [-0.2, -0.15) is 0 Å². The van der Waals surface area contributed by atoms with Crippen LogP contribution < -0.4 is 15.8 Å². The molecule has 0 unspecified atom stereocenters. The zero-order valence-electron chi connectivity index (χ0n) is 15.6. The molecule has 1 saturated heterocycles. The number of carbonyl (C=O) groups excluding carboxylic acids is 1. The van der Waals surface area contributed by atoms with E-state index in [1.54, 1.807) is 11.8 Å². The maximum atomic E-state index is 12.5. The summed E-state index contributed by atoms with van der Waals surface area (Å²) in [5.41, 5.74) is 1.79. The number of rotatable bonds is 6. The number of hydrogen-bond acceptors (Lipinski definition) is 6. The van der Waals surface area contributed by atoms with Gasteiger partial charge in [0.15, 0.2) is 0 Å². The van der Waals surface area contributed by atoms with Crippen molar-refractivity contribution < 1.29 is 9.53 Å². The second-order valence-corrected chi connectivity index (χ2v) is 7.21. The number of nitrogens with one attached hydrogen (secondary N) is 2. The number of aromatic amines is 1. The number of nitrogens with zero attached hydrogens (tertiary/aromatic N) is 2. The Morgan fingerprint density at radius 1 is 1.30 bits per heavy atom. The van der Waals surface area contributed by atoms with Gasteiger partial charge < -0.3 is 15.0 Å². The number of H-pyrrole nitrogens is 1. The van der Waals surface area contributed by atoms with Crippen LogP contribution in [0.3, 0.4) is 0 Å². The number of amides is 1. The maximum absolute atomic E-state index is 12.5. The Balaban J connectivity index is 1.61. The van der Waals surface area contributed by atoms with E-state index in [4.69, 9.17) is 4.74 Å². The summed E-state index contributed by atoms with van der Waals surface area (Å²) in [7, 11) is 0. The Labute approximate surface area is 162 Å². The van der Waals surface area contributed by atoms with Crippen molar-refractivity contribution in [2.75, 3.05) is 42.8 Å². The van der Waals surface area contributed by atoms with Gasteiger partial charge >= 0.3 is 0 Å². The summed E-state index contributed by atoms with van der Waals surface area (Å²) < 4.78 is 5.32. The number of morpholine rings is 1. The molecule has 144 valence electrons. The molecular weight excluding hydrogens is 364 g/mol. The third kappa shape index (κ3) is 5.11. The minimum Gasteiger partial charge on any atom is -0.378 e. The monoisotopic (exact) mass is 388 g/mol. The molecule has 2 N–H and O–H groups in total. The summed E-state index contributed by atoms with van der Waals surface area (Å²) in [4.78, 5) is 35.2. The van der Waals surface area contributed by atoms with Crippen LogP contribution >= 0.6 is 11.8 Å². The van der Waals surface area contributed by atoms with E-state index >= 15 is 0 Å². The summed E-state index contributed by atoms with van der Waals surface area (Å²) in [6.07, 6.45) is 2.59. The predicted molar refractivity (Wildman–Crippen MR) is 108 cm³/mol. The lowest BCUT2D eigenvalue weighted by atomic mass is 10.1. The minimum absolute atomic E-state index is 0.122. The van der Waals surface area contributed by atoms with Crippen LogP contribution in [-0.2, 0) is 16.0 Å². The number of thioether (sulfide) groups is 1. The first-order valence-electron chi connectivity index (χ1n) is 8.93. The van der Waals surface area contributed by atoms with Gasteiger partial charge in [-0.1, -0.05) is 0 Å². The van der Waals surface area contributed by atoms with Gasteiger partial charge in [-0.25, -0.2) is 4.98 Å². The lowest BCUT2D eigenvalue weighted by Gasteiger charge is -2.27. The molecule has 0 radical (unpaired) electrons. The minimum atomic E-state index is -0.180. The molecule has 7 nitrogen and oxygen atoms in total. The average Bonchev–Trinajstić information content (AvgIpc) is 2.68. The zero-order chi connectivity index (χ0) is 19.2. The van der Waals surface area contributed by atoms with Crippen LogP contribution in [0.4, 0.5) is 11.6 Å². The smallest absolute Gasteiger partial charge is 0.255 e. The van der Waals surface area contributed by atoms with Crippen LogP contribution in [0.1, 0.15) is 17.7 Å². The summed E-state index contributed by atoms with van der Waals surface area (Å²) in [6, 6.07) is 7.67. The third-order valence-corrected chi connectivity index (χ3v) is 5.24. The SMILES string of the molecule is CSc1ccc(NC(=O)CCc2c(C)nc(N3CCOCC3)[nH]c2=O)cc1. The molecule has 1 aromatic heterocycles. The van der Waals surface area contributed by atoms with Crippen LogP contribution in [0.25, 0.3) is 0 Å². The number of aromatic nitrogens is 2. The second-order valence-electron chi connectivity index (χ2n) is 6.33. The summed E-state index contributed by atoms with van der Waals surface area (Å²) >= 11 is 1.65. The fraction of sp³-hybridized carbons (Fsp3) is 0.421. The summed E-state index contributed by atoms with van der Waals surface area (Å²) in [5.74, 6) is 0.450. The molecule has 1 amide bonds. The second kappa shape index (κ2) is 9.05. The Morgan fingerprint density at radius 2 is 2.00 bits per heavy atom. The highest BCUT2D eigenvalue weighted by molar-refractivity contribution is 7.98. The van der Waals surface area contributed by atoms with E-state index in [-0.39, 0.29) is 17.9 Å². The molecule has 3 rings (SSSR count). The fourth-order valence-electron chi connectivity index (χ4n) is 2.95. The van der Waals surface area contributed by atoms with Crippen LogP contribution in [0.5, 0.6) is 0 Å². The lowest BCUT2D eigenvalue weighted by molar-refractivity contribution is -0.116. The molecule has 0 atom stereocenters. The molecule has 0 saturated carbocycles. The maximum Gasteiger partial charge on any atom is 0.255 e. The Bertz CT molecular complexity index is 845. The van der Waals surface area contributed by atoms with E-state index in [9.17, 15) is 9.59 Å². The van der Waals surface area contributed by atoms with Gasteiger partial charge in [0.1, 0.15) is 0 Å². The van der Waals surface area contributed by atoms with Crippen molar-refractivity contribution in [1.82, 2.24) is 9.97 Å². The van der Waals surface area contributed by atoms with Crippen molar-refractivity contribution in [3.05, 3.63) is 45.9 Å². The molecule has 1 aliphatic rings. The molecule has 0 bridgehead atoms. The number of hydrogen-bond donors (Lipinski definition) is 2. The van der Waals surface area contributed by atoms with Crippen LogP contribution in [0.15, 0.2) is 34.0 Å². The van der Waals surface area contributed by atoms with E-state index in [1.165, 1.54) is 0 Å². The van der Waals surface area contributed by atoms with Crippen LogP contribution in [0.2, 0.25) is 0 Å². The van der Waals surface area contributed by atoms with Crippen molar-refractivity contribution in [2.45, 2.75) is 24.7 Å². The Hall–Kier alpha value is -2.32. The number of anilines is 2. The molecule has 27 heavy (non-hydrogen) atoms. The highest BCUT2D eigenvalue weighted by atomic mass is 32.2. The highest BCUT2D eigenvalue weighted by Gasteiger charge is 2.16. The molecule has 2 aromatic rings. The predicted octanol–water partition coefficient (Wildman–Crippen LogP) is 2.21. The number of carbonyl (C=O) groups is 1. The highest BCUT2D eigenvalue weighted by Crippen LogP contribution is 2.18. The molecule has 8 heteroatoms. The van der Waals surface area contributed by atoms with Crippen LogP contribution in [0, 0.1) is 6.92 Å². The number of aryl methyl sites for hydroxylation is 1. The lowest BCUT2D eigenvalue weighted by Crippen LogP contribution is -2.38. The average molecular weight is 388 g/mol. The van der Waals surface area contributed by atoms with E-state index in [2.05, 4.69) is 15.3 Å². The quantitative estimate of drug-likeness (QED) is 0.738. The van der Waals surface area contributed by atoms with E-state index in [1.807, 2.05) is 42.3 Å². The Kier molecular flexibility index (Phi) is 6.52. The Morgan fingerprint density at radius 3 is 2.63 bits per heavy atom. The summed E-state index contributed by atoms with van der Waals surface area (Å²) in [5, 5.41) is 2.86. The third-order valence-electron chi connectivity index (χ3n) is 4.50. The molecule has 1 fully saturated rings. The van der Waals surface area contributed by atoms with Gasteiger partial charge in [0.2, 0.25) is 11.9 Å². The van der Waals surface area contributed by atoms with Crippen molar-refractivity contribution >= 4 is 29.3 Å².